The van der Waals surface area contributed by atoms with Gasteiger partial charge in [-0.25, -0.2) is 18.2 Å². The third kappa shape index (κ3) is 10.2. The van der Waals surface area contributed by atoms with Crippen molar-refractivity contribution in [3.8, 4) is 22.4 Å². The quantitative estimate of drug-likeness (QED) is 0.131. The van der Waals surface area contributed by atoms with Crippen molar-refractivity contribution >= 4 is 33.4 Å². The van der Waals surface area contributed by atoms with E-state index in [-0.39, 0.29) is 29.4 Å². The summed E-state index contributed by atoms with van der Waals surface area (Å²) < 4.78 is 29.0. The summed E-state index contributed by atoms with van der Waals surface area (Å²) in [5, 5.41) is 5.79. The number of benzene rings is 4. The SMILES string of the molecule is CC(C)(C)OC(=O)N[C@H](C(=O)N1CCCC[C@@H]1c1ncc(-c2ccc(-c3ccc(C(=O)Nc4ccc(CN5CCS(=O)(=O)CC5)cc4)cc3)cc2)[nH]1)c1ccccc1. The van der Waals surface area contributed by atoms with Crippen LogP contribution in [0.5, 0.6) is 0 Å². The van der Waals surface area contributed by atoms with E-state index in [2.05, 4.69) is 20.5 Å². The van der Waals surface area contributed by atoms with Gasteiger partial charge in [-0.05, 0) is 92.1 Å². The van der Waals surface area contributed by atoms with E-state index in [4.69, 9.17) is 9.72 Å². The van der Waals surface area contributed by atoms with Crippen molar-refractivity contribution in [1.29, 1.82) is 0 Å². The lowest BCUT2D eigenvalue weighted by Gasteiger charge is -2.37. The second kappa shape index (κ2) is 17.4. The third-order valence-corrected chi connectivity index (χ3v) is 12.1. The van der Waals surface area contributed by atoms with E-state index in [1.165, 1.54) is 0 Å². The maximum atomic E-state index is 14.2. The molecule has 0 radical (unpaired) electrons. The van der Waals surface area contributed by atoms with Gasteiger partial charge in [0.1, 0.15) is 17.5 Å². The first-order valence-corrected chi connectivity index (χ1v) is 21.6. The number of ether oxygens (including phenoxy) is 1. The molecule has 12 nitrogen and oxygen atoms in total. The highest BCUT2D eigenvalue weighted by molar-refractivity contribution is 7.91. The van der Waals surface area contributed by atoms with Gasteiger partial charge in [-0.2, -0.15) is 0 Å². The van der Waals surface area contributed by atoms with E-state index in [0.29, 0.717) is 48.8 Å². The Morgan fingerprint density at radius 3 is 2.12 bits per heavy atom. The van der Waals surface area contributed by atoms with Crippen molar-refractivity contribution in [2.45, 2.75) is 64.3 Å². The van der Waals surface area contributed by atoms with E-state index in [1.54, 1.807) is 39.1 Å². The van der Waals surface area contributed by atoms with E-state index < -0.39 is 27.6 Å². The highest BCUT2D eigenvalue weighted by atomic mass is 32.2. The molecule has 0 unspecified atom stereocenters. The van der Waals surface area contributed by atoms with Gasteiger partial charge < -0.3 is 25.3 Å². The molecule has 2 fully saturated rings. The van der Waals surface area contributed by atoms with Crippen LogP contribution in [0.4, 0.5) is 10.5 Å². The van der Waals surface area contributed by atoms with Gasteiger partial charge in [0.25, 0.3) is 11.8 Å². The normalized spacial score (nSPS) is 17.6. The number of amides is 3. The minimum Gasteiger partial charge on any atom is -0.444 e. The van der Waals surface area contributed by atoms with Crippen LogP contribution < -0.4 is 10.6 Å². The molecular formula is C45H50N6O6S. The van der Waals surface area contributed by atoms with Gasteiger partial charge in [0.2, 0.25) is 0 Å². The van der Waals surface area contributed by atoms with E-state index in [9.17, 15) is 22.8 Å². The fraction of sp³-hybridized carbons (Fsp3) is 0.333. The molecule has 3 heterocycles. The Morgan fingerprint density at radius 1 is 0.828 bits per heavy atom. The number of likely N-dealkylation sites (tertiary alicyclic amines) is 1. The molecule has 3 N–H and O–H groups in total. The molecule has 2 saturated heterocycles. The number of H-pyrrole nitrogens is 1. The number of hydrogen-bond donors (Lipinski definition) is 3. The Bertz CT molecular complexity index is 2310. The van der Waals surface area contributed by atoms with Crippen LogP contribution in [0, 0.1) is 0 Å². The molecule has 3 amide bonds. The van der Waals surface area contributed by atoms with Crippen LogP contribution in [-0.2, 0) is 25.9 Å². The molecule has 13 heteroatoms. The molecule has 58 heavy (non-hydrogen) atoms. The highest BCUT2D eigenvalue weighted by Crippen LogP contribution is 2.34. The molecule has 4 aromatic carbocycles. The molecule has 1 aromatic heterocycles. The van der Waals surface area contributed by atoms with Crippen LogP contribution in [0.25, 0.3) is 22.4 Å². The zero-order valence-corrected chi connectivity index (χ0v) is 33.9. The van der Waals surface area contributed by atoms with E-state index in [1.807, 2.05) is 95.9 Å². The van der Waals surface area contributed by atoms with Gasteiger partial charge in [-0.15, -0.1) is 0 Å². The van der Waals surface area contributed by atoms with Crippen molar-refractivity contribution in [1.82, 2.24) is 25.1 Å². The summed E-state index contributed by atoms with van der Waals surface area (Å²) in [6.45, 7) is 7.64. The van der Waals surface area contributed by atoms with Crippen molar-refractivity contribution in [2.75, 3.05) is 36.5 Å². The zero-order chi connectivity index (χ0) is 40.9. The predicted octanol–water partition coefficient (Wildman–Crippen LogP) is 7.55. The average molecular weight is 803 g/mol. The van der Waals surface area contributed by atoms with Crippen molar-refractivity contribution in [3.63, 3.8) is 0 Å². The molecule has 7 rings (SSSR count). The lowest BCUT2D eigenvalue weighted by Crippen LogP contribution is -2.47. The maximum Gasteiger partial charge on any atom is 0.408 e. The van der Waals surface area contributed by atoms with E-state index >= 15 is 0 Å². The molecule has 2 aliphatic rings. The van der Waals surface area contributed by atoms with Crippen molar-refractivity contribution in [3.05, 3.63) is 132 Å². The monoisotopic (exact) mass is 802 g/mol. The Hall–Kier alpha value is -5.79. The first-order valence-electron chi connectivity index (χ1n) is 19.7. The fourth-order valence-electron chi connectivity index (χ4n) is 7.38. The number of hydrogen-bond acceptors (Lipinski definition) is 8. The van der Waals surface area contributed by atoms with Gasteiger partial charge in [-0.1, -0.05) is 78.9 Å². The van der Waals surface area contributed by atoms with E-state index in [0.717, 1.165) is 47.2 Å². The largest absolute Gasteiger partial charge is 0.444 e. The van der Waals surface area contributed by atoms with Crippen molar-refractivity contribution < 1.29 is 27.5 Å². The van der Waals surface area contributed by atoms with Gasteiger partial charge in [-0.3, -0.25) is 14.5 Å². The Kier molecular flexibility index (Phi) is 12.1. The summed E-state index contributed by atoms with van der Waals surface area (Å²) in [4.78, 5) is 52.3. The number of alkyl carbamates (subject to hydrolysis) is 1. The number of aromatic amines is 1. The van der Waals surface area contributed by atoms with Crippen LogP contribution in [-0.4, -0.2) is 82.8 Å². The van der Waals surface area contributed by atoms with Gasteiger partial charge >= 0.3 is 6.09 Å². The number of rotatable bonds is 10. The highest BCUT2D eigenvalue weighted by Gasteiger charge is 2.36. The average Bonchev–Trinajstić information content (AvgIpc) is 3.71. The molecule has 0 spiro atoms. The number of nitrogens with one attached hydrogen (secondary N) is 3. The molecule has 5 aromatic rings. The molecule has 2 atom stereocenters. The number of aromatic nitrogens is 2. The van der Waals surface area contributed by atoms with Crippen LogP contribution in [0.2, 0.25) is 0 Å². The number of carbonyl (C=O) groups excluding carboxylic acids is 3. The number of anilines is 1. The summed E-state index contributed by atoms with van der Waals surface area (Å²) in [5.74, 6) is 0.657. The minimum atomic E-state index is -2.92. The first kappa shape index (κ1) is 40.4. The minimum absolute atomic E-state index is 0.194. The maximum absolute atomic E-state index is 14.2. The Morgan fingerprint density at radius 2 is 1.47 bits per heavy atom. The van der Waals surface area contributed by atoms with Crippen LogP contribution in [0.15, 0.2) is 109 Å². The van der Waals surface area contributed by atoms with Crippen molar-refractivity contribution in [2.24, 2.45) is 0 Å². The second-order valence-electron chi connectivity index (χ2n) is 15.9. The first-order chi connectivity index (χ1) is 27.8. The lowest BCUT2D eigenvalue weighted by atomic mass is 9.98. The van der Waals surface area contributed by atoms with Crippen LogP contribution in [0.1, 0.15) is 79.4 Å². The molecule has 302 valence electrons. The standard InChI is InChI=1S/C45H50N6O6S/c1-45(2,3)57-44(54)49-40(35-9-5-4-6-10-35)43(53)51-24-8-7-11-39(51)41-46-29-38(48-41)34-18-14-32(15-19-34)33-16-20-36(21-17-33)42(52)47-37-22-12-31(13-23-37)30-50-25-27-58(55,56)28-26-50/h4-6,9-10,12-23,29,39-40H,7-8,11,24-28,30H2,1-3H3,(H,46,48)(H,47,52)(H,49,54)/t39-,40+/m1/s1. The van der Waals surface area contributed by atoms with Gasteiger partial charge in [0.05, 0.1) is 29.4 Å². The molecular weight excluding hydrogens is 753 g/mol. The topological polar surface area (TPSA) is 154 Å². The summed E-state index contributed by atoms with van der Waals surface area (Å²) in [5.41, 5.74) is 5.97. The predicted molar refractivity (Wildman–Crippen MR) is 225 cm³/mol. The molecule has 2 aliphatic heterocycles. The number of nitrogens with zero attached hydrogens (tertiary/aromatic N) is 3. The lowest BCUT2D eigenvalue weighted by molar-refractivity contribution is -0.137. The number of piperidine rings is 1. The summed E-state index contributed by atoms with van der Waals surface area (Å²) >= 11 is 0. The second-order valence-corrected chi connectivity index (χ2v) is 18.3. The fourth-order valence-corrected chi connectivity index (χ4v) is 8.65. The van der Waals surface area contributed by atoms with Gasteiger partial charge in [0, 0.05) is 37.4 Å². The molecule has 0 aliphatic carbocycles. The number of imidazole rings is 1. The third-order valence-electron chi connectivity index (χ3n) is 10.5. The van der Waals surface area contributed by atoms with Crippen LogP contribution >= 0.6 is 0 Å². The number of sulfone groups is 1. The van der Waals surface area contributed by atoms with Gasteiger partial charge in [0.15, 0.2) is 9.84 Å². The molecule has 0 saturated carbocycles. The van der Waals surface area contributed by atoms with Crippen LogP contribution in [0.3, 0.4) is 0 Å². The summed E-state index contributed by atoms with van der Waals surface area (Å²) in [6.07, 6.45) is 3.67. The molecule has 0 bridgehead atoms. The Balaban J connectivity index is 0.976. The zero-order valence-electron chi connectivity index (χ0n) is 33.1. The summed E-state index contributed by atoms with van der Waals surface area (Å²) in [6, 6.07) is 31.2. The number of carbonyl (C=O) groups is 3. The summed E-state index contributed by atoms with van der Waals surface area (Å²) in [7, 11) is -2.92. The smallest absolute Gasteiger partial charge is 0.408 e. The Labute approximate surface area is 339 Å².